The molecule has 1 fully saturated rings. The molecular weight excluding hydrogens is 272 g/mol. The van der Waals surface area contributed by atoms with Crippen LogP contribution in [0.2, 0.25) is 4.47 Å². The van der Waals surface area contributed by atoms with Gasteiger partial charge in [-0.25, -0.2) is 0 Å². The predicted molar refractivity (Wildman–Crippen MR) is 58.6 cm³/mol. The summed E-state index contributed by atoms with van der Waals surface area (Å²) in [6, 6.07) is 11.1. The Bertz CT molecular complexity index is 237. The first-order valence-corrected chi connectivity index (χ1v) is 7.94. The minimum absolute atomic E-state index is 0.138. The first-order valence-electron chi connectivity index (χ1n) is 5.13. The topological polar surface area (TPSA) is 0 Å². The predicted octanol–water partition coefficient (Wildman–Crippen LogP) is 2.62. The average molecular weight is 288 g/mol. The number of hydrogen-bond donors (Lipinski definition) is 0. The zero-order chi connectivity index (χ0) is 8.93. The van der Waals surface area contributed by atoms with Gasteiger partial charge in [-0.05, 0) is 0 Å². The van der Waals surface area contributed by atoms with Crippen molar-refractivity contribution in [3.8, 4) is 0 Å². The number of hydrogen-bond acceptors (Lipinski definition) is 0. The van der Waals surface area contributed by atoms with Gasteiger partial charge in [0.15, 0.2) is 0 Å². The third-order valence-electron chi connectivity index (χ3n) is 2.70. The van der Waals surface area contributed by atoms with Crippen molar-refractivity contribution in [2.24, 2.45) is 5.92 Å². The van der Waals surface area contributed by atoms with E-state index >= 15 is 0 Å². The minimum atomic E-state index is 0.138. The van der Waals surface area contributed by atoms with Crippen molar-refractivity contribution in [3.63, 3.8) is 0 Å². The van der Waals surface area contributed by atoms with Crippen molar-refractivity contribution < 1.29 is 0 Å². The second-order valence-electron chi connectivity index (χ2n) is 3.77. The molecule has 0 heterocycles. The van der Waals surface area contributed by atoms with Crippen molar-refractivity contribution in [2.75, 3.05) is 0 Å². The van der Waals surface area contributed by atoms with Crippen LogP contribution in [0.25, 0.3) is 0 Å². The number of benzene rings is 1. The van der Waals surface area contributed by atoms with Gasteiger partial charge < -0.3 is 0 Å². The van der Waals surface area contributed by atoms with Gasteiger partial charge in [0.2, 0.25) is 0 Å². The Balaban J connectivity index is 1.79. The summed E-state index contributed by atoms with van der Waals surface area (Å²) in [6.07, 6.45) is 6.01. The standard InChI is InChI=1S/C12H16Te/c1-2-8-12(9-3-1)13-10-11-6-4-5-7-11/h1-3,8-9,11H,4-7,10H2. The second kappa shape index (κ2) is 5.03. The van der Waals surface area contributed by atoms with Gasteiger partial charge in [-0.2, -0.15) is 0 Å². The summed E-state index contributed by atoms with van der Waals surface area (Å²) in [4.78, 5) is 0. The van der Waals surface area contributed by atoms with Gasteiger partial charge in [0.1, 0.15) is 0 Å². The van der Waals surface area contributed by atoms with Crippen LogP contribution < -0.4 is 3.61 Å². The summed E-state index contributed by atoms with van der Waals surface area (Å²) in [5, 5.41) is 0. The van der Waals surface area contributed by atoms with Gasteiger partial charge in [0.25, 0.3) is 0 Å². The van der Waals surface area contributed by atoms with Crippen molar-refractivity contribution in [1.29, 1.82) is 0 Å². The normalized spacial score (nSPS) is 17.8. The molecule has 0 bridgehead atoms. The second-order valence-corrected chi connectivity index (χ2v) is 6.90. The monoisotopic (exact) mass is 290 g/mol. The molecule has 0 aliphatic heterocycles. The molecule has 1 aliphatic carbocycles. The molecule has 1 heteroatoms. The molecule has 0 N–H and O–H groups in total. The third kappa shape index (κ3) is 3.01. The van der Waals surface area contributed by atoms with Crippen molar-refractivity contribution in [1.82, 2.24) is 0 Å². The van der Waals surface area contributed by atoms with E-state index in [1.165, 1.54) is 30.2 Å². The van der Waals surface area contributed by atoms with Crippen LogP contribution in [0.15, 0.2) is 30.3 Å². The van der Waals surface area contributed by atoms with Crippen LogP contribution in [0.1, 0.15) is 25.7 Å². The number of rotatable bonds is 3. The van der Waals surface area contributed by atoms with Gasteiger partial charge in [0, 0.05) is 0 Å². The summed E-state index contributed by atoms with van der Waals surface area (Å²) in [5.41, 5.74) is 0. The first kappa shape index (κ1) is 9.56. The fourth-order valence-corrected chi connectivity index (χ4v) is 5.08. The summed E-state index contributed by atoms with van der Waals surface area (Å²) in [5.74, 6) is 1.09. The van der Waals surface area contributed by atoms with E-state index in [0.29, 0.717) is 0 Å². The first-order chi connectivity index (χ1) is 6.45. The van der Waals surface area contributed by atoms with E-state index in [-0.39, 0.29) is 20.9 Å². The van der Waals surface area contributed by atoms with E-state index in [2.05, 4.69) is 30.3 Å². The zero-order valence-corrected chi connectivity index (χ0v) is 10.2. The zero-order valence-electron chi connectivity index (χ0n) is 7.91. The molecule has 13 heavy (non-hydrogen) atoms. The summed E-state index contributed by atoms with van der Waals surface area (Å²) < 4.78 is 3.18. The van der Waals surface area contributed by atoms with Crippen LogP contribution in [0.5, 0.6) is 0 Å². The molecule has 0 unspecified atom stereocenters. The third-order valence-corrected chi connectivity index (χ3v) is 6.25. The molecule has 0 aromatic heterocycles. The summed E-state index contributed by atoms with van der Waals surface area (Å²) >= 11 is 0.138. The van der Waals surface area contributed by atoms with Gasteiger partial charge >= 0.3 is 90.9 Å². The quantitative estimate of drug-likeness (QED) is 0.750. The average Bonchev–Trinajstić information content (AvgIpc) is 2.69. The molecule has 2 rings (SSSR count). The van der Waals surface area contributed by atoms with Crippen LogP contribution in [-0.2, 0) is 0 Å². The van der Waals surface area contributed by atoms with Crippen molar-refractivity contribution in [3.05, 3.63) is 30.3 Å². The summed E-state index contributed by atoms with van der Waals surface area (Å²) in [7, 11) is 0. The van der Waals surface area contributed by atoms with Crippen molar-refractivity contribution >= 4 is 24.5 Å². The summed E-state index contributed by atoms with van der Waals surface area (Å²) in [6.45, 7) is 0. The van der Waals surface area contributed by atoms with E-state index in [1.807, 2.05) is 0 Å². The molecule has 1 aliphatic rings. The van der Waals surface area contributed by atoms with E-state index in [0.717, 1.165) is 5.92 Å². The maximum absolute atomic E-state index is 2.30. The molecule has 0 saturated heterocycles. The molecule has 0 nitrogen and oxygen atoms in total. The molecule has 0 spiro atoms. The van der Waals surface area contributed by atoms with Crippen LogP contribution in [-0.4, -0.2) is 20.9 Å². The molecule has 1 aromatic carbocycles. The Morgan fingerprint density at radius 3 is 2.46 bits per heavy atom. The van der Waals surface area contributed by atoms with E-state index < -0.39 is 0 Å². The Morgan fingerprint density at radius 2 is 1.77 bits per heavy atom. The molecule has 70 valence electrons. The van der Waals surface area contributed by atoms with E-state index in [1.54, 1.807) is 3.61 Å². The van der Waals surface area contributed by atoms with Crippen LogP contribution in [0.4, 0.5) is 0 Å². The van der Waals surface area contributed by atoms with Gasteiger partial charge in [-0.1, -0.05) is 0 Å². The van der Waals surface area contributed by atoms with Gasteiger partial charge in [-0.15, -0.1) is 0 Å². The molecule has 1 saturated carbocycles. The molecular formula is C12H16Te. The Hall–Kier alpha value is 0.00961. The van der Waals surface area contributed by atoms with Crippen LogP contribution in [0.3, 0.4) is 0 Å². The molecule has 1 aromatic rings. The molecule has 0 radical (unpaired) electrons. The van der Waals surface area contributed by atoms with Crippen molar-refractivity contribution in [2.45, 2.75) is 30.2 Å². The fourth-order valence-electron chi connectivity index (χ4n) is 1.91. The Kier molecular flexibility index (Phi) is 3.70. The van der Waals surface area contributed by atoms with Gasteiger partial charge in [0.05, 0.1) is 0 Å². The fraction of sp³-hybridized carbons (Fsp3) is 0.500. The maximum atomic E-state index is 2.30. The van der Waals surface area contributed by atoms with Gasteiger partial charge in [-0.3, -0.25) is 0 Å². The Morgan fingerprint density at radius 1 is 1.08 bits per heavy atom. The molecule has 0 atom stereocenters. The SMILES string of the molecule is c1ccc([Te]CC2CCCC2)cc1. The Labute approximate surface area is 90.8 Å². The van der Waals surface area contributed by atoms with Crippen LogP contribution in [0, 0.1) is 5.92 Å². The van der Waals surface area contributed by atoms with E-state index in [4.69, 9.17) is 0 Å². The van der Waals surface area contributed by atoms with Crippen LogP contribution >= 0.6 is 0 Å². The van der Waals surface area contributed by atoms with E-state index in [9.17, 15) is 0 Å². The molecule has 0 amide bonds.